The lowest BCUT2D eigenvalue weighted by Crippen LogP contribution is -2.66. The van der Waals surface area contributed by atoms with Gasteiger partial charge in [0, 0.05) is 31.1 Å². The second-order valence-corrected chi connectivity index (χ2v) is 6.93. The Kier molecular flexibility index (Phi) is 9.30. The summed E-state index contributed by atoms with van der Waals surface area (Å²) in [6.45, 7) is 3.03. The third-order valence-corrected chi connectivity index (χ3v) is 4.60. The molecule has 0 atom stereocenters. The largest absolute Gasteiger partial charge is 0.381 e. The van der Waals surface area contributed by atoms with Gasteiger partial charge in [-0.3, -0.25) is 14.7 Å². The zero-order chi connectivity index (χ0) is 23.5. The van der Waals surface area contributed by atoms with Gasteiger partial charge in [0.15, 0.2) is 0 Å². The van der Waals surface area contributed by atoms with Gasteiger partial charge in [-0.1, -0.05) is 43.3 Å². The van der Waals surface area contributed by atoms with E-state index in [4.69, 9.17) is 21.9 Å². The molecule has 0 unspecified atom stereocenters. The average molecular weight is 443 g/mol. The maximum Gasteiger partial charge on any atom is 0.322 e. The van der Waals surface area contributed by atoms with Crippen molar-refractivity contribution in [3.05, 3.63) is 60.7 Å². The van der Waals surface area contributed by atoms with Crippen LogP contribution < -0.4 is 27.0 Å². The molecule has 0 spiro atoms. The molecular weight excluding hydrogens is 412 g/mol. The Morgan fingerprint density at radius 1 is 0.781 bits per heavy atom. The molecule has 32 heavy (non-hydrogen) atoms. The summed E-state index contributed by atoms with van der Waals surface area (Å²) in [6.07, 6.45) is -0.0596. The van der Waals surface area contributed by atoms with E-state index in [1.807, 2.05) is 6.92 Å². The number of rotatable bonds is 11. The summed E-state index contributed by atoms with van der Waals surface area (Å²) >= 11 is 0. The molecule has 6 amide bonds. The maximum atomic E-state index is 12.6. The van der Waals surface area contributed by atoms with Crippen LogP contribution in [0.2, 0.25) is 0 Å². The lowest BCUT2D eigenvalue weighted by molar-refractivity contribution is 0.118. The molecule has 2 rings (SSSR count). The Bertz CT molecular complexity index is 823. The number of amides is 6. The number of para-hydroxylation sites is 2. The summed E-state index contributed by atoms with van der Waals surface area (Å²) in [6, 6.07) is 14.2. The smallest absolute Gasteiger partial charge is 0.322 e. The monoisotopic (exact) mass is 442 g/mol. The van der Waals surface area contributed by atoms with E-state index in [9.17, 15) is 14.4 Å². The van der Waals surface area contributed by atoms with Crippen molar-refractivity contribution >= 4 is 29.5 Å². The van der Waals surface area contributed by atoms with Gasteiger partial charge in [-0.05, 0) is 37.1 Å². The summed E-state index contributed by atoms with van der Waals surface area (Å²) in [5, 5.41) is 0. The number of nitrogens with two attached hydrogens (primary N) is 3. The summed E-state index contributed by atoms with van der Waals surface area (Å²) in [5.41, 5.74) is 17.9. The van der Waals surface area contributed by atoms with Crippen molar-refractivity contribution in [3.63, 3.8) is 0 Å². The van der Waals surface area contributed by atoms with Crippen LogP contribution in [0.15, 0.2) is 60.7 Å². The Balaban J connectivity index is 2.56. The van der Waals surface area contributed by atoms with E-state index in [2.05, 4.69) is 0 Å². The minimum absolute atomic E-state index is 0.0942. The van der Waals surface area contributed by atoms with E-state index in [0.717, 1.165) is 16.2 Å². The van der Waals surface area contributed by atoms with Gasteiger partial charge in [0.2, 0.25) is 6.29 Å². The van der Waals surface area contributed by atoms with Crippen LogP contribution in [0.25, 0.3) is 0 Å². The molecule has 6 N–H and O–H groups in total. The first-order chi connectivity index (χ1) is 15.4. The van der Waals surface area contributed by atoms with Gasteiger partial charge >= 0.3 is 18.1 Å². The Morgan fingerprint density at radius 3 is 1.62 bits per heavy atom. The minimum Gasteiger partial charge on any atom is -0.381 e. The summed E-state index contributed by atoms with van der Waals surface area (Å²) in [7, 11) is 0. The van der Waals surface area contributed by atoms with E-state index in [1.54, 1.807) is 60.7 Å². The van der Waals surface area contributed by atoms with Crippen molar-refractivity contribution in [2.75, 3.05) is 29.6 Å². The maximum absolute atomic E-state index is 12.6. The molecule has 172 valence electrons. The highest BCUT2D eigenvalue weighted by atomic mass is 16.5. The lowest BCUT2D eigenvalue weighted by Gasteiger charge is -2.43. The number of ether oxygens (including phenoxy) is 1. The molecule has 0 saturated carbocycles. The molecule has 0 heterocycles. The molecule has 0 aliphatic heterocycles. The van der Waals surface area contributed by atoms with Crippen molar-refractivity contribution in [3.8, 4) is 0 Å². The second-order valence-electron chi connectivity index (χ2n) is 6.93. The van der Waals surface area contributed by atoms with Crippen LogP contribution in [-0.2, 0) is 4.74 Å². The number of benzene rings is 2. The van der Waals surface area contributed by atoms with E-state index >= 15 is 0 Å². The second kappa shape index (κ2) is 12.2. The SMILES string of the molecule is CCCOCCCN(C(N)=O)C(N(C(N)=O)c1ccccc1)N(C(N)=O)c1ccccc1. The first-order valence-electron chi connectivity index (χ1n) is 10.3. The molecule has 2 aromatic rings. The van der Waals surface area contributed by atoms with Crippen LogP contribution in [0.1, 0.15) is 19.8 Å². The number of primary amides is 3. The van der Waals surface area contributed by atoms with Gasteiger partial charge in [-0.15, -0.1) is 0 Å². The van der Waals surface area contributed by atoms with Gasteiger partial charge in [-0.25, -0.2) is 14.4 Å². The molecule has 0 bridgehead atoms. The van der Waals surface area contributed by atoms with Gasteiger partial charge < -0.3 is 21.9 Å². The Labute approximate surface area is 187 Å². The van der Waals surface area contributed by atoms with Crippen molar-refractivity contribution in [1.29, 1.82) is 0 Å². The van der Waals surface area contributed by atoms with Gasteiger partial charge in [0.1, 0.15) is 0 Å². The number of nitrogens with zero attached hydrogens (tertiary/aromatic N) is 3. The average Bonchev–Trinajstić information content (AvgIpc) is 2.77. The van der Waals surface area contributed by atoms with Crippen molar-refractivity contribution in [2.24, 2.45) is 17.2 Å². The quantitative estimate of drug-likeness (QED) is 0.362. The number of anilines is 2. The van der Waals surface area contributed by atoms with Crippen LogP contribution >= 0.6 is 0 Å². The molecule has 0 aliphatic rings. The predicted molar refractivity (Wildman–Crippen MR) is 123 cm³/mol. The molecular formula is C22H30N6O4. The van der Waals surface area contributed by atoms with Crippen LogP contribution in [0.4, 0.5) is 25.8 Å². The van der Waals surface area contributed by atoms with Crippen LogP contribution in [0, 0.1) is 0 Å². The molecule has 0 radical (unpaired) electrons. The highest BCUT2D eigenvalue weighted by molar-refractivity contribution is 5.98. The molecule has 0 aliphatic carbocycles. The fraction of sp³-hybridized carbons (Fsp3) is 0.318. The van der Waals surface area contributed by atoms with E-state index in [0.29, 0.717) is 31.0 Å². The fourth-order valence-corrected chi connectivity index (χ4v) is 3.24. The fourth-order valence-electron chi connectivity index (χ4n) is 3.24. The molecule has 10 nitrogen and oxygen atoms in total. The van der Waals surface area contributed by atoms with Gasteiger partial charge in [0.05, 0.1) is 0 Å². The number of carbonyl (C=O) groups is 3. The van der Waals surface area contributed by atoms with Crippen molar-refractivity contribution in [1.82, 2.24) is 4.90 Å². The van der Waals surface area contributed by atoms with E-state index in [-0.39, 0.29) is 6.54 Å². The standard InChI is InChI=1S/C22H30N6O4/c1-2-15-32-16-9-14-26(19(23)29)22(27(20(24)30)17-10-5-3-6-11-17)28(21(25)31)18-12-7-4-8-13-18/h3-8,10-13,22H,2,9,14-16H2,1H3,(H2,23,29)(H2,24,30)(H2,25,31). The molecule has 10 heteroatoms. The number of carbonyl (C=O) groups excluding carboxylic acids is 3. The van der Waals surface area contributed by atoms with Crippen molar-refractivity contribution in [2.45, 2.75) is 26.1 Å². The first kappa shape index (κ1) is 24.5. The minimum atomic E-state index is -1.33. The van der Waals surface area contributed by atoms with Gasteiger partial charge in [0.25, 0.3) is 0 Å². The molecule has 0 fully saturated rings. The topological polar surface area (TPSA) is 148 Å². The number of urea groups is 3. The third kappa shape index (κ3) is 6.35. The van der Waals surface area contributed by atoms with Gasteiger partial charge in [-0.2, -0.15) is 0 Å². The summed E-state index contributed by atoms with van der Waals surface area (Å²) in [5.74, 6) is 0. The zero-order valence-electron chi connectivity index (χ0n) is 18.1. The summed E-state index contributed by atoms with van der Waals surface area (Å²) in [4.78, 5) is 41.1. The predicted octanol–water partition coefficient (Wildman–Crippen LogP) is 2.64. The first-order valence-corrected chi connectivity index (χ1v) is 10.3. The highest BCUT2D eigenvalue weighted by Crippen LogP contribution is 2.26. The van der Waals surface area contributed by atoms with Crippen molar-refractivity contribution < 1.29 is 19.1 Å². The molecule has 0 saturated heterocycles. The Hall–Kier alpha value is -3.79. The van der Waals surface area contributed by atoms with E-state index in [1.165, 1.54) is 4.90 Å². The molecule has 2 aromatic carbocycles. The number of hydrogen-bond donors (Lipinski definition) is 3. The normalized spacial score (nSPS) is 10.6. The Morgan fingerprint density at radius 2 is 1.25 bits per heavy atom. The van der Waals surface area contributed by atoms with Crippen LogP contribution in [0.3, 0.4) is 0 Å². The van der Waals surface area contributed by atoms with E-state index < -0.39 is 24.4 Å². The lowest BCUT2D eigenvalue weighted by atomic mass is 10.2. The number of hydrogen-bond acceptors (Lipinski definition) is 4. The zero-order valence-corrected chi connectivity index (χ0v) is 18.1. The molecule has 0 aromatic heterocycles. The highest BCUT2D eigenvalue weighted by Gasteiger charge is 2.38. The van der Waals surface area contributed by atoms with Crippen LogP contribution in [-0.4, -0.2) is 49.0 Å². The summed E-state index contributed by atoms with van der Waals surface area (Å²) < 4.78 is 5.49. The third-order valence-electron chi connectivity index (χ3n) is 4.60. The van der Waals surface area contributed by atoms with Crippen LogP contribution in [0.5, 0.6) is 0 Å².